The molecule has 1 aliphatic carbocycles. The number of hydrogen-bond acceptors (Lipinski definition) is 1. The first-order chi connectivity index (χ1) is 8.89. The van der Waals surface area contributed by atoms with Crippen molar-refractivity contribution in [3.8, 4) is 0 Å². The molecule has 1 N–H and O–H groups in total. The molecular formula is C14H15F3O2. The minimum absolute atomic E-state index is 0.145. The Morgan fingerprint density at radius 1 is 1.26 bits per heavy atom. The quantitative estimate of drug-likeness (QED) is 0.911. The third kappa shape index (κ3) is 3.08. The van der Waals surface area contributed by atoms with Crippen LogP contribution in [0.3, 0.4) is 0 Å². The molecule has 0 saturated heterocycles. The van der Waals surface area contributed by atoms with Gasteiger partial charge in [0.25, 0.3) is 0 Å². The maximum absolute atomic E-state index is 13.1. The molecule has 104 valence electrons. The smallest absolute Gasteiger partial charge is 0.396 e. The van der Waals surface area contributed by atoms with Crippen molar-refractivity contribution >= 4 is 5.97 Å². The number of aryl methyl sites for hydroxylation is 1. The molecule has 0 aromatic heterocycles. The maximum Gasteiger partial charge on any atom is 0.396 e. The van der Waals surface area contributed by atoms with Crippen LogP contribution in [0.5, 0.6) is 0 Å². The van der Waals surface area contributed by atoms with E-state index in [2.05, 4.69) is 0 Å². The van der Waals surface area contributed by atoms with E-state index in [0.29, 0.717) is 12.0 Å². The number of halogens is 3. The number of fused-ring (bicyclic) bond motifs is 1. The van der Waals surface area contributed by atoms with Gasteiger partial charge in [-0.25, -0.2) is 0 Å². The number of aliphatic carboxylic acids is 1. The van der Waals surface area contributed by atoms with E-state index in [-0.39, 0.29) is 5.56 Å². The molecule has 5 heteroatoms. The molecule has 1 aromatic rings. The predicted molar refractivity (Wildman–Crippen MR) is 64.1 cm³/mol. The number of carboxylic acids is 1. The molecule has 0 saturated carbocycles. The molecule has 2 rings (SSSR count). The number of carbonyl (C=O) groups is 1. The standard InChI is InChI=1S/C14H15F3O2/c15-14(16,17)12(8-13(18)19)11-7-3-5-9-4-1-2-6-10(9)11/h3,5,7,12H,1-2,4,6,8H2,(H,18,19). The fraction of sp³-hybridized carbons (Fsp3) is 0.500. The third-order valence-corrected chi connectivity index (χ3v) is 3.58. The molecule has 0 bridgehead atoms. The van der Waals surface area contributed by atoms with Gasteiger partial charge in [0.1, 0.15) is 0 Å². The molecule has 0 fully saturated rings. The first kappa shape index (κ1) is 13.9. The summed E-state index contributed by atoms with van der Waals surface area (Å²) >= 11 is 0. The molecule has 0 aliphatic heterocycles. The van der Waals surface area contributed by atoms with Gasteiger partial charge >= 0.3 is 12.1 Å². The van der Waals surface area contributed by atoms with Crippen LogP contribution in [0, 0.1) is 0 Å². The van der Waals surface area contributed by atoms with E-state index in [1.54, 1.807) is 6.07 Å². The fourth-order valence-electron chi connectivity index (χ4n) is 2.71. The summed E-state index contributed by atoms with van der Waals surface area (Å²) in [6.07, 6.45) is -2.20. The van der Waals surface area contributed by atoms with Gasteiger partial charge in [0.2, 0.25) is 0 Å². The van der Waals surface area contributed by atoms with Gasteiger partial charge < -0.3 is 5.11 Å². The van der Waals surface area contributed by atoms with Crippen molar-refractivity contribution < 1.29 is 23.1 Å². The summed E-state index contributed by atoms with van der Waals surface area (Å²) in [6.45, 7) is 0. The highest BCUT2D eigenvalue weighted by Crippen LogP contribution is 2.41. The van der Waals surface area contributed by atoms with Gasteiger partial charge in [-0.15, -0.1) is 0 Å². The summed E-state index contributed by atoms with van der Waals surface area (Å²) < 4.78 is 39.2. The lowest BCUT2D eigenvalue weighted by Crippen LogP contribution is -2.25. The van der Waals surface area contributed by atoms with Crippen LogP contribution >= 0.6 is 0 Å². The normalized spacial score (nSPS) is 16.8. The largest absolute Gasteiger partial charge is 0.481 e. The zero-order valence-corrected chi connectivity index (χ0v) is 10.3. The van der Waals surface area contributed by atoms with Crippen LogP contribution in [0.1, 0.15) is 41.9 Å². The van der Waals surface area contributed by atoms with E-state index < -0.39 is 24.5 Å². The van der Waals surface area contributed by atoms with Crippen LogP contribution in [-0.2, 0) is 17.6 Å². The van der Waals surface area contributed by atoms with Gasteiger partial charge in [0.05, 0.1) is 12.3 Å². The van der Waals surface area contributed by atoms with Crippen molar-refractivity contribution in [3.05, 3.63) is 34.9 Å². The first-order valence-corrected chi connectivity index (χ1v) is 6.28. The van der Waals surface area contributed by atoms with E-state index in [0.717, 1.165) is 24.8 Å². The molecule has 0 amide bonds. The predicted octanol–water partition coefficient (Wildman–Crippen LogP) is 3.69. The molecule has 1 aromatic carbocycles. The van der Waals surface area contributed by atoms with Crippen molar-refractivity contribution in [2.24, 2.45) is 0 Å². The van der Waals surface area contributed by atoms with Gasteiger partial charge in [0.15, 0.2) is 0 Å². The molecule has 0 heterocycles. The summed E-state index contributed by atoms with van der Waals surface area (Å²) in [5.74, 6) is -3.33. The Balaban J connectivity index is 2.44. The van der Waals surface area contributed by atoms with Crippen LogP contribution < -0.4 is 0 Å². The molecular weight excluding hydrogens is 257 g/mol. The Hall–Kier alpha value is -1.52. The van der Waals surface area contributed by atoms with Crippen LogP contribution in [0.4, 0.5) is 13.2 Å². The van der Waals surface area contributed by atoms with Crippen LogP contribution in [-0.4, -0.2) is 17.3 Å². The molecule has 2 nitrogen and oxygen atoms in total. The molecule has 0 radical (unpaired) electrons. The topological polar surface area (TPSA) is 37.3 Å². The van der Waals surface area contributed by atoms with E-state index in [9.17, 15) is 18.0 Å². The lowest BCUT2D eigenvalue weighted by molar-refractivity contribution is -0.163. The Labute approximate surface area is 109 Å². The van der Waals surface area contributed by atoms with E-state index in [1.807, 2.05) is 6.07 Å². The van der Waals surface area contributed by atoms with E-state index in [4.69, 9.17) is 5.11 Å². The SMILES string of the molecule is O=C(O)CC(c1cccc2c1CCCC2)C(F)(F)F. The average molecular weight is 272 g/mol. The zero-order chi connectivity index (χ0) is 14.0. The second kappa shape index (κ2) is 5.23. The van der Waals surface area contributed by atoms with Gasteiger partial charge in [-0.1, -0.05) is 18.2 Å². The number of benzene rings is 1. The lowest BCUT2D eigenvalue weighted by Gasteiger charge is -2.25. The minimum Gasteiger partial charge on any atom is -0.481 e. The Morgan fingerprint density at radius 3 is 2.58 bits per heavy atom. The van der Waals surface area contributed by atoms with Gasteiger partial charge in [0, 0.05) is 0 Å². The molecule has 1 unspecified atom stereocenters. The molecule has 19 heavy (non-hydrogen) atoms. The Morgan fingerprint density at radius 2 is 1.95 bits per heavy atom. The highest BCUT2D eigenvalue weighted by molar-refractivity contribution is 5.68. The van der Waals surface area contributed by atoms with Crippen molar-refractivity contribution in [1.82, 2.24) is 0 Å². The van der Waals surface area contributed by atoms with Crippen molar-refractivity contribution in [2.75, 3.05) is 0 Å². The highest BCUT2D eigenvalue weighted by atomic mass is 19.4. The number of alkyl halides is 3. The summed E-state index contributed by atoms with van der Waals surface area (Å²) in [5, 5.41) is 8.71. The zero-order valence-electron chi connectivity index (χ0n) is 10.3. The summed E-state index contributed by atoms with van der Waals surface area (Å²) in [7, 11) is 0. The molecule has 1 aliphatic rings. The summed E-state index contributed by atoms with van der Waals surface area (Å²) in [4.78, 5) is 10.7. The average Bonchev–Trinajstić information content (AvgIpc) is 2.34. The molecule has 0 spiro atoms. The van der Waals surface area contributed by atoms with Crippen molar-refractivity contribution in [2.45, 2.75) is 44.2 Å². The first-order valence-electron chi connectivity index (χ1n) is 6.28. The maximum atomic E-state index is 13.1. The monoisotopic (exact) mass is 272 g/mol. The van der Waals surface area contributed by atoms with Gasteiger partial charge in [-0.3, -0.25) is 4.79 Å². The third-order valence-electron chi connectivity index (χ3n) is 3.58. The van der Waals surface area contributed by atoms with Crippen LogP contribution in [0.15, 0.2) is 18.2 Å². The number of carboxylic acid groups (broad SMARTS) is 1. The second-order valence-electron chi connectivity index (χ2n) is 4.88. The van der Waals surface area contributed by atoms with E-state index in [1.165, 1.54) is 6.07 Å². The van der Waals surface area contributed by atoms with Gasteiger partial charge in [-0.05, 0) is 42.4 Å². The highest BCUT2D eigenvalue weighted by Gasteiger charge is 2.43. The van der Waals surface area contributed by atoms with Crippen molar-refractivity contribution in [1.29, 1.82) is 0 Å². The van der Waals surface area contributed by atoms with Crippen LogP contribution in [0.2, 0.25) is 0 Å². The summed E-state index contributed by atoms with van der Waals surface area (Å²) in [6, 6.07) is 4.86. The van der Waals surface area contributed by atoms with Crippen molar-refractivity contribution in [3.63, 3.8) is 0 Å². The van der Waals surface area contributed by atoms with E-state index >= 15 is 0 Å². The number of hydrogen-bond donors (Lipinski definition) is 1. The Kier molecular flexibility index (Phi) is 3.83. The fourth-order valence-corrected chi connectivity index (χ4v) is 2.71. The second-order valence-corrected chi connectivity index (χ2v) is 4.88. The number of rotatable bonds is 3. The van der Waals surface area contributed by atoms with Crippen LogP contribution in [0.25, 0.3) is 0 Å². The molecule has 1 atom stereocenters. The minimum atomic E-state index is -4.52. The van der Waals surface area contributed by atoms with Gasteiger partial charge in [-0.2, -0.15) is 13.2 Å². The lowest BCUT2D eigenvalue weighted by atomic mass is 9.82. The summed E-state index contributed by atoms with van der Waals surface area (Å²) in [5.41, 5.74) is 1.79. The Bertz CT molecular complexity index is 480.